The fourth-order valence-electron chi connectivity index (χ4n) is 1.63. The van der Waals surface area contributed by atoms with E-state index in [1.807, 2.05) is 0 Å². The molecule has 2 N–H and O–H groups in total. The Bertz CT molecular complexity index is 707. The third kappa shape index (κ3) is 4.80. The van der Waals surface area contributed by atoms with E-state index in [0.29, 0.717) is 22.3 Å². The third-order valence-electron chi connectivity index (χ3n) is 2.62. The van der Waals surface area contributed by atoms with E-state index in [1.165, 1.54) is 24.3 Å². The first kappa shape index (κ1) is 17.5. The predicted octanol–water partition coefficient (Wildman–Crippen LogP) is 5.23. The Labute approximate surface area is 138 Å². The van der Waals surface area contributed by atoms with Gasteiger partial charge in [0.2, 0.25) is 0 Å². The Hall–Kier alpha value is -1.87. The van der Waals surface area contributed by atoms with E-state index in [0.717, 1.165) is 12.1 Å². The molecule has 0 fully saturated rings. The number of hydrogen-bond donors (Lipinski definition) is 2. The highest BCUT2D eigenvalue weighted by atomic mass is 32.2. The van der Waals surface area contributed by atoms with Crippen LogP contribution in [-0.4, -0.2) is 10.9 Å². The molecular weight excluding hydrogens is 355 g/mol. The van der Waals surface area contributed by atoms with Crippen LogP contribution in [0.5, 0.6) is 0 Å². The summed E-state index contributed by atoms with van der Waals surface area (Å²) in [5, 5.41) is 4.99. The summed E-state index contributed by atoms with van der Waals surface area (Å²) in [6.07, 6.45) is 0. The summed E-state index contributed by atoms with van der Waals surface area (Å²) in [4.78, 5) is 0.371. The van der Waals surface area contributed by atoms with Gasteiger partial charge in [0.1, 0.15) is 0 Å². The molecule has 0 amide bonds. The lowest BCUT2D eigenvalue weighted by molar-refractivity contribution is 0.252. The van der Waals surface area contributed by atoms with Gasteiger partial charge in [0, 0.05) is 10.6 Å². The van der Waals surface area contributed by atoms with Crippen molar-refractivity contribution >= 4 is 40.5 Å². The first-order chi connectivity index (χ1) is 10.9. The zero-order chi connectivity index (χ0) is 17.0. The van der Waals surface area contributed by atoms with E-state index in [4.69, 9.17) is 12.2 Å². The van der Waals surface area contributed by atoms with Gasteiger partial charge in [-0.1, -0.05) is 11.8 Å². The lowest BCUT2D eigenvalue weighted by Gasteiger charge is -2.12. The molecule has 0 unspecified atom stereocenters. The molecule has 0 aliphatic heterocycles. The monoisotopic (exact) mass is 364 g/mol. The van der Waals surface area contributed by atoms with Crippen molar-refractivity contribution in [3.63, 3.8) is 0 Å². The zero-order valence-corrected chi connectivity index (χ0v) is 12.9. The Kier molecular flexibility index (Phi) is 5.78. The van der Waals surface area contributed by atoms with Gasteiger partial charge >= 0.3 is 0 Å². The number of anilines is 2. The normalized spacial score (nSPS) is 10.7. The van der Waals surface area contributed by atoms with Gasteiger partial charge in [0.15, 0.2) is 22.6 Å². The number of thioether (sulfide) groups is 1. The van der Waals surface area contributed by atoms with E-state index in [1.54, 1.807) is 0 Å². The van der Waals surface area contributed by atoms with Gasteiger partial charge in [-0.05, 0) is 48.6 Å². The van der Waals surface area contributed by atoms with Gasteiger partial charge < -0.3 is 10.6 Å². The fourth-order valence-corrected chi connectivity index (χ4v) is 2.35. The quantitative estimate of drug-likeness (QED) is 0.336. The van der Waals surface area contributed by atoms with Gasteiger partial charge in [-0.3, -0.25) is 0 Å². The minimum absolute atomic E-state index is 0.0656. The summed E-state index contributed by atoms with van der Waals surface area (Å²) in [5.41, 5.74) is 0.135. The molecule has 0 bridgehead atoms. The maximum atomic E-state index is 13.5. The largest absolute Gasteiger partial charge is 0.332 e. The molecule has 2 aromatic carbocycles. The van der Waals surface area contributed by atoms with E-state index >= 15 is 0 Å². The SMILES string of the molecule is Fc1ccc(NC(=S)Nc2ccc(SC(F)F)cc2)c(F)c1F. The molecule has 0 saturated carbocycles. The van der Waals surface area contributed by atoms with Gasteiger partial charge in [-0.25, -0.2) is 13.2 Å². The molecule has 0 saturated heterocycles. The van der Waals surface area contributed by atoms with E-state index < -0.39 is 23.2 Å². The molecule has 9 heteroatoms. The Morgan fingerprint density at radius 2 is 1.57 bits per heavy atom. The maximum absolute atomic E-state index is 13.5. The molecule has 0 spiro atoms. The Morgan fingerprint density at radius 1 is 0.913 bits per heavy atom. The molecular formula is C14H9F5N2S2. The second kappa shape index (κ2) is 7.60. The maximum Gasteiger partial charge on any atom is 0.288 e. The number of benzene rings is 2. The van der Waals surface area contributed by atoms with E-state index in [-0.39, 0.29) is 10.8 Å². The first-order valence-electron chi connectivity index (χ1n) is 6.13. The molecule has 2 aromatic rings. The first-order valence-corrected chi connectivity index (χ1v) is 7.42. The standard InChI is InChI=1S/C14H9F5N2S2/c15-9-5-6-10(12(17)11(9)16)21-14(22)20-7-1-3-8(4-2-7)23-13(18)19/h1-6,13H,(H2,20,21,22). The highest BCUT2D eigenvalue weighted by molar-refractivity contribution is 7.99. The molecule has 0 aromatic heterocycles. The summed E-state index contributed by atoms with van der Waals surface area (Å²) >= 11 is 5.32. The van der Waals surface area contributed by atoms with Crippen LogP contribution in [0.3, 0.4) is 0 Å². The Morgan fingerprint density at radius 3 is 2.17 bits per heavy atom. The Balaban J connectivity index is 2.01. The second-order valence-electron chi connectivity index (χ2n) is 4.20. The van der Waals surface area contributed by atoms with Crippen LogP contribution < -0.4 is 10.6 Å². The molecule has 0 aliphatic carbocycles. The van der Waals surface area contributed by atoms with Gasteiger partial charge in [0.05, 0.1) is 5.69 Å². The minimum Gasteiger partial charge on any atom is -0.332 e. The number of rotatable bonds is 4. The molecule has 0 atom stereocenters. The molecule has 2 rings (SSSR count). The highest BCUT2D eigenvalue weighted by Crippen LogP contribution is 2.26. The lowest BCUT2D eigenvalue weighted by Crippen LogP contribution is -2.20. The second-order valence-corrected chi connectivity index (χ2v) is 5.68. The van der Waals surface area contributed by atoms with Crippen LogP contribution in [-0.2, 0) is 0 Å². The summed E-state index contributed by atoms with van der Waals surface area (Å²) in [5.74, 6) is -6.82. The van der Waals surface area contributed by atoms with Crippen molar-refractivity contribution < 1.29 is 22.0 Å². The molecule has 23 heavy (non-hydrogen) atoms. The van der Waals surface area contributed by atoms with Crippen LogP contribution in [0.1, 0.15) is 0 Å². The minimum atomic E-state index is -2.52. The molecule has 122 valence electrons. The summed E-state index contributed by atoms with van der Waals surface area (Å²) < 4.78 is 63.8. The summed E-state index contributed by atoms with van der Waals surface area (Å²) in [6.45, 7) is 0. The van der Waals surface area contributed by atoms with Crippen LogP contribution in [0.4, 0.5) is 33.3 Å². The van der Waals surface area contributed by atoms with E-state index in [2.05, 4.69) is 10.6 Å². The van der Waals surface area contributed by atoms with Crippen LogP contribution in [0.2, 0.25) is 0 Å². The molecule has 0 aliphatic rings. The number of hydrogen-bond acceptors (Lipinski definition) is 2. The lowest BCUT2D eigenvalue weighted by atomic mass is 10.3. The number of alkyl halides is 2. The fraction of sp³-hybridized carbons (Fsp3) is 0.0714. The topological polar surface area (TPSA) is 24.1 Å². The van der Waals surface area contributed by atoms with Crippen molar-refractivity contribution in [2.45, 2.75) is 10.7 Å². The van der Waals surface area contributed by atoms with E-state index in [9.17, 15) is 22.0 Å². The molecule has 0 heterocycles. The van der Waals surface area contributed by atoms with Crippen molar-refractivity contribution in [3.05, 3.63) is 53.8 Å². The van der Waals surface area contributed by atoms with Gasteiger partial charge in [-0.2, -0.15) is 8.78 Å². The highest BCUT2D eigenvalue weighted by Gasteiger charge is 2.14. The smallest absolute Gasteiger partial charge is 0.288 e. The summed E-state index contributed by atoms with van der Waals surface area (Å²) in [6, 6.07) is 7.68. The number of thiocarbonyl (C=S) groups is 1. The van der Waals surface area contributed by atoms with Crippen molar-refractivity contribution in [1.29, 1.82) is 0 Å². The predicted molar refractivity (Wildman–Crippen MR) is 84.5 cm³/mol. The van der Waals surface area contributed by atoms with Gasteiger partial charge in [-0.15, -0.1) is 0 Å². The van der Waals surface area contributed by atoms with Crippen LogP contribution >= 0.6 is 24.0 Å². The van der Waals surface area contributed by atoms with Crippen LogP contribution in [0.25, 0.3) is 0 Å². The average Bonchev–Trinajstić information content (AvgIpc) is 2.49. The molecule has 2 nitrogen and oxygen atoms in total. The number of nitrogens with one attached hydrogen (secondary N) is 2. The third-order valence-corrected chi connectivity index (χ3v) is 3.55. The number of halogens is 5. The summed E-state index contributed by atoms with van der Waals surface area (Å²) in [7, 11) is 0. The van der Waals surface area contributed by atoms with Crippen molar-refractivity contribution in [1.82, 2.24) is 0 Å². The van der Waals surface area contributed by atoms with Gasteiger partial charge in [0.25, 0.3) is 5.76 Å². The van der Waals surface area contributed by atoms with Crippen molar-refractivity contribution in [3.8, 4) is 0 Å². The van der Waals surface area contributed by atoms with Crippen LogP contribution in [0.15, 0.2) is 41.3 Å². The van der Waals surface area contributed by atoms with Crippen LogP contribution in [0, 0.1) is 17.5 Å². The average molecular weight is 364 g/mol. The van der Waals surface area contributed by atoms with Crippen molar-refractivity contribution in [2.24, 2.45) is 0 Å². The molecule has 0 radical (unpaired) electrons. The van der Waals surface area contributed by atoms with Crippen molar-refractivity contribution in [2.75, 3.05) is 10.6 Å². The zero-order valence-electron chi connectivity index (χ0n) is 11.2.